The lowest BCUT2D eigenvalue weighted by atomic mass is 10.1. The Morgan fingerprint density at radius 2 is 2.00 bits per heavy atom. The lowest BCUT2D eigenvalue weighted by molar-refractivity contribution is -0.128. The van der Waals surface area contributed by atoms with Gasteiger partial charge in [0.2, 0.25) is 5.91 Å². The second-order valence-electron chi connectivity index (χ2n) is 6.03. The first-order chi connectivity index (χ1) is 12.2. The lowest BCUT2D eigenvalue weighted by Gasteiger charge is -2.16. The van der Waals surface area contributed by atoms with Gasteiger partial charge in [0.25, 0.3) is 5.91 Å². The summed E-state index contributed by atoms with van der Waals surface area (Å²) in [4.78, 5) is 26.0. The van der Waals surface area contributed by atoms with Crippen LogP contribution in [0.5, 0.6) is 0 Å². The number of likely N-dealkylation sites (tertiary alicyclic amines) is 1. The molecule has 0 aliphatic carbocycles. The van der Waals surface area contributed by atoms with Crippen molar-refractivity contribution >= 4 is 11.8 Å². The third-order valence-electron chi connectivity index (χ3n) is 4.26. The number of carbonyl (C=O) groups excluding carboxylic acids is 2. The Labute approximate surface area is 145 Å². The van der Waals surface area contributed by atoms with Crippen LogP contribution in [0.15, 0.2) is 36.9 Å². The summed E-state index contributed by atoms with van der Waals surface area (Å²) in [6.45, 7) is 2.28. The first-order valence-electron chi connectivity index (χ1n) is 8.17. The van der Waals surface area contributed by atoms with E-state index in [1.165, 1.54) is 0 Å². The van der Waals surface area contributed by atoms with Gasteiger partial charge in [-0.15, -0.1) is 10.2 Å². The zero-order valence-corrected chi connectivity index (χ0v) is 14.1. The molecule has 1 aliphatic rings. The Balaban J connectivity index is 1.50. The number of nitrogens with zero attached hydrogens (tertiary/aromatic N) is 4. The zero-order valence-electron chi connectivity index (χ0n) is 14.1. The minimum Gasteiger partial charge on any atom is -0.383 e. The summed E-state index contributed by atoms with van der Waals surface area (Å²) in [5.74, 6) is 0.122. The molecule has 2 heterocycles. The van der Waals surface area contributed by atoms with Gasteiger partial charge >= 0.3 is 0 Å². The molecule has 0 spiro atoms. The van der Waals surface area contributed by atoms with E-state index in [0.717, 1.165) is 5.69 Å². The van der Waals surface area contributed by atoms with Crippen LogP contribution in [0.2, 0.25) is 0 Å². The van der Waals surface area contributed by atoms with Crippen molar-refractivity contribution in [2.24, 2.45) is 5.92 Å². The van der Waals surface area contributed by atoms with Crippen LogP contribution < -0.4 is 5.32 Å². The molecule has 8 heteroatoms. The molecule has 1 aliphatic heterocycles. The van der Waals surface area contributed by atoms with Crippen LogP contribution in [0.3, 0.4) is 0 Å². The molecule has 0 bridgehead atoms. The van der Waals surface area contributed by atoms with Gasteiger partial charge in [0.05, 0.1) is 6.61 Å². The van der Waals surface area contributed by atoms with Crippen LogP contribution in [-0.4, -0.2) is 64.8 Å². The van der Waals surface area contributed by atoms with E-state index in [0.29, 0.717) is 38.2 Å². The number of benzene rings is 1. The maximum atomic E-state index is 12.3. The molecule has 25 heavy (non-hydrogen) atoms. The fourth-order valence-electron chi connectivity index (χ4n) is 2.87. The fraction of sp³-hybridized carbons (Fsp3) is 0.412. The van der Waals surface area contributed by atoms with E-state index < -0.39 is 0 Å². The average Bonchev–Trinajstić information content (AvgIpc) is 3.28. The highest BCUT2D eigenvalue weighted by Gasteiger charge is 2.29. The number of methoxy groups -OCH3 is 1. The van der Waals surface area contributed by atoms with E-state index >= 15 is 0 Å². The van der Waals surface area contributed by atoms with Crippen LogP contribution in [-0.2, 0) is 9.53 Å². The molecule has 2 aromatic rings. The summed E-state index contributed by atoms with van der Waals surface area (Å²) >= 11 is 0. The van der Waals surface area contributed by atoms with Gasteiger partial charge in [0.1, 0.15) is 12.7 Å². The molecule has 1 unspecified atom stereocenters. The number of hydrogen-bond acceptors (Lipinski definition) is 5. The Bertz CT molecular complexity index is 714. The average molecular weight is 343 g/mol. The van der Waals surface area contributed by atoms with Crippen LogP contribution in [0.4, 0.5) is 0 Å². The summed E-state index contributed by atoms with van der Waals surface area (Å²) in [6.07, 6.45) is 3.67. The Kier molecular flexibility index (Phi) is 5.39. The predicted octanol–water partition coefficient (Wildman–Crippen LogP) is 0.492. The van der Waals surface area contributed by atoms with Crippen molar-refractivity contribution in [3.63, 3.8) is 0 Å². The van der Waals surface area contributed by atoms with Crippen LogP contribution >= 0.6 is 0 Å². The van der Waals surface area contributed by atoms with Crippen LogP contribution in [0.25, 0.3) is 5.69 Å². The molecule has 1 fully saturated rings. The molecular formula is C17H21N5O3. The quantitative estimate of drug-likeness (QED) is 0.790. The molecule has 3 rings (SSSR count). The second kappa shape index (κ2) is 7.89. The van der Waals surface area contributed by atoms with Gasteiger partial charge in [-0.3, -0.25) is 14.2 Å². The molecule has 132 valence electrons. The van der Waals surface area contributed by atoms with Gasteiger partial charge in [0, 0.05) is 50.3 Å². The van der Waals surface area contributed by atoms with E-state index in [9.17, 15) is 9.59 Å². The minimum atomic E-state index is -0.141. The summed E-state index contributed by atoms with van der Waals surface area (Å²) < 4.78 is 6.77. The van der Waals surface area contributed by atoms with Crippen molar-refractivity contribution in [3.8, 4) is 5.69 Å². The number of rotatable bonds is 7. The largest absolute Gasteiger partial charge is 0.383 e. The van der Waals surface area contributed by atoms with Crippen molar-refractivity contribution in [2.75, 3.05) is 33.4 Å². The maximum absolute atomic E-state index is 12.3. The van der Waals surface area contributed by atoms with Gasteiger partial charge < -0.3 is 15.0 Å². The Morgan fingerprint density at radius 3 is 2.68 bits per heavy atom. The van der Waals surface area contributed by atoms with E-state index in [2.05, 4.69) is 15.5 Å². The Morgan fingerprint density at radius 1 is 1.28 bits per heavy atom. The summed E-state index contributed by atoms with van der Waals surface area (Å²) in [7, 11) is 1.62. The van der Waals surface area contributed by atoms with Crippen molar-refractivity contribution in [2.45, 2.75) is 6.42 Å². The second-order valence-corrected chi connectivity index (χ2v) is 6.03. The molecule has 2 amide bonds. The SMILES string of the molecule is COCCN1CC(CNC(=O)c2ccc(-n3cnnc3)cc2)CC1=O. The molecule has 8 nitrogen and oxygen atoms in total. The number of hydrogen-bond donors (Lipinski definition) is 1. The van der Waals surface area contributed by atoms with Gasteiger partial charge in [-0.25, -0.2) is 0 Å². The highest BCUT2D eigenvalue weighted by molar-refractivity contribution is 5.94. The van der Waals surface area contributed by atoms with Crippen molar-refractivity contribution in [3.05, 3.63) is 42.5 Å². The fourth-order valence-corrected chi connectivity index (χ4v) is 2.87. The smallest absolute Gasteiger partial charge is 0.251 e. The minimum absolute atomic E-state index is 0.120. The molecule has 0 saturated carbocycles. The summed E-state index contributed by atoms with van der Waals surface area (Å²) in [5.41, 5.74) is 1.47. The topological polar surface area (TPSA) is 89.3 Å². The third-order valence-corrected chi connectivity index (χ3v) is 4.26. The molecule has 0 radical (unpaired) electrons. The monoisotopic (exact) mass is 343 g/mol. The first kappa shape index (κ1) is 17.1. The number of aromatic nitrogens is 3. The molecule has 1 N–H and O–H groups in total. The molecule has 1 aromatic heterocycles. The highest BCUT2D eigenvalue weighted by Crippen LogP contribution is 2.17. The number of carbonyl (C=O) groups is 2. The van der Waals surface area contributed by atoms with E-state index in [1.807, 2.05) is 12.1 Å². The number of nitrogens with one attached hydrogen (secondary N) is 1. The molecular weight excluding hydrogens is 322 g/mol. The highest BCUT2D eigenvalue weighted by atomic mass is 16.5. The van der Waals surface area contributed by atoms with E-state index in [1.54, 1.807) is 41.4 Å². The van der Waals surface area contributed by atoms with Crippen molar-refractivity contribution in [1.82, 2.24) is 25.0 Å². The van der Waals surface area contributed by atoms with Gasteiger partial charge in [-0.1, -0.05) is 0 Å². The summed E-state index contributed by atoms with van der Waals surface area (Å²) in [6, 6.07) is 7.19. The van der Waals surface area contributed by atoms with Gasteiger partial charge in [-0.05, 0) is 24.3 Å². The molecule has 1 aromatic carbocycles. The van der Waals surface area contributed by atoms with Gasteiger partial charge in [0.15, 0.2) is 0 Å². The van der Waals surface area contributed by atoms with Crippen molar-refractivity contribution in [1.29, 1.82) is 0 Å². The molecule has 1 saturated heterocycles. The Hall–Kier alpha value is -2.74. The van der Waals surface area contributed by atoms with E-state index in [4.69, 9.17) is 4.74 Å². The number of ether oxygens (including phenoxy) is 1. The van der Waals surface area contributed by atoms with Crippen LogP contribution in [0.1, 0.15) is 16.8 Å². The third kappa shape index (κ3) is 4.21. The standard InChI is InChI=1S/C17H21N5O3/c1-25-7-6-21-10-13(8-16(21)23)9-18-17(24)14-2-4-15(5-3-14)22-11-19-20-12-22/h2-5,11-13H,6-10H2,1H3,(H,18,24). The predicted molar refractivity (Wildman–Crippen MR) is 90.3 cm³/mol. The molecule has 1 atom stereocenters. The normalized spacial score (nSPS) is 17.1. The maximum Gasteiger partial charge on any atom is 0.251 e. The number of amides is 2. The van der Waals surface area contributed by atoms with Crippen LogP contribution in [0, 0.1) is 5.92 Å². The van der Waals surface area contributed by atoms with Crippen molar-refractivity contribution < 1.29 is 14.3 Å². The van der Waals surface area contributed by atoms with Gasteiger partial charge in [-0.2, -0.15) is 0 Å². The van der Waals surface area contributed by atoms with E-state index in [-0.39, 0.29) is 17.7 Å². The first-order valence-corrected chi connectivity index (χ1v) is 8.17. The zero-order chi connectivity index (χ0) is 17.6. The summed E-state index contributed by atoms with van der Waals surface area (Å²) in [5, 5.41) is 10.4. The lowest BCUT2D eigenvalue weighted by Crippen LogP contribution is -2.32.